The van der Waals surface area contributed by atoms with Crippen LogP contribution in [0, 0.1) is 5.41 Å². The summed E-state index contributed by atoms with van der Waals surface area (Å²) in [6.07, 6.45) is 14.2. The summed E-state index contributed by atoms with van der Waals surface area (Å²) in [6, 6.07) is 0. The van der Waals surface area contributed by atoms with Crippen LogP contribution in [-0.4, -0.2) is 11.7 Å². The van der Waals surface area contributed by atoms with Crippen LogP contribution >= 0.6 is 0 Å². The fraction of sp³-hybridized carbons (Fsp3) is 1.00. The molecule has 17 heavy (non-hydrogen) atoms. The summed E-state index contributed by atoms with van der Waals surface area (Å²) < 4.78 is 0. The number of aliphatic hydroxyl groups is 1. The van der Waals surface area contributed by atoms with E-state index < -0.39 is 0 Å². The highest BCUT2D eigenvalue weighted by molar-refractivity contribution is 4.77. The van der Waals surface area contributed by atoms with Gasteiger partial charge < -0.3 is 5.11 Å². The second-order valence-electron chi connectivity index (χ2n) is 5.68. The highest BCUT2D eigenvalue weighted by Gasteiger charge is 2.26. The molecule has 0 aliphatic heterocycles. The van der Waals surface area contributed by atoms with Crippen molar-refractivity contribution in [2.45, 2.75) is 91.4 Å². The van der Waals surface area contributed by atoms with Crippen molar-refractivity contribution in [1.29, 1.82) is 0 Å². The van der Waals surface area contributed by atoms with Crippen LogP contribution in [0.3, 0.4) is 0 Å². The Hall–Kier alpha value is -0.0400. The molecule has 0 aromatic heterocycles. The molecule has 0 amide bonds. The van der Waals surface area contributed by atoms with E-state index in [2.05, 4.69) is 20.8 Å². The largest absolute Gasteiger partial charge is 0.396 e. The first-order valence-corrected chi connectivity index (χ1v) is 7.85. The third kappa shape index (κ3) is 7.81. The fourth-order valence-corrected chi connectivity index (χ4v) is 2.95. The number of unbranched alkanes of at least 4 members (excludes halogenated alkanes) is 5. The van der Waals surface area contributed by atoms with Crippen molar-refractivity contribution in [1.82, 2.24) is 0 Å². The van der Waals surface area contributed by atoms with Crippen LogP contribution < -0.4 is 0 Å². The first kappa shape index (κ1) is 17.0. The van der Waals surface area contributed by atoms with E-state index >= 15 is 0 Å². The van der Waals surface area contributed by atoms with Crippen molar-refractivity contribution >= 4 is 0 Å². The van der Waals surface area contributed by atoms with Gasteiger partial charge in [0.05, 0.1) is 0 Å². The summed E-state index contributed by atoms with van der Waals surface area (Å²) >= 11 is 0. The van der Waals surface area contributed by atoms with Gasteiger partial charge in [0.1, 0.15) is 0 Å². The van der Waals surface area contributed by atoms with E-state index in [0.29, 0.717) is 6.61 Å². The average Bonchev–Trinajstić information content (AvgIpc) is 2.34. The number of hydrogen-bond acceptors (Lipinski definition) is 1. The molecular weight excluding hydrogens is 208 g/mol. The van der Waals surface area contributed by atoms with Crippen molar-refractivity contribution in [3.8, 4) is 0 Å². The Morgan fingerprint density at radius 3 is 1.65 bits per heavy atom. The van der Waals surface area contributed by atoms with Crippen LogP contribution in [0.1, 0.15) is 91.4 Å². The van der Waals surface area contributed by atoms with Gasteiger partial charge in [-0.3, -0.25) is 0 Å². The molecule has 1 nitrogen and oxygen atoms in total. The molecule has 0 bridgehead atoms. The molecule has 0 spiro atoms. The van der Waals surface area contributed by atoms with Crippen molar-refractivity contribution in [3.05, 3.63) is 0 Å². The Bertz CT molecular complexity index is 148. The molecule has 0 heterocycles. The second kappa shape index (κ2) is 11.1. The molecule has 0 fully saturated rings. The zero-order valence-corrected chi connectivity index (χ0v) is 12.4. The maximum atomic E-state index is 9.68. The summed E-state index contributed by atoms with van der Waals surface area (Å²) in [7, 11) is 0. The molecule has 0 radical (unpaired) electrons. The lowest BCUT2D eigenvalue weighted by Crippen LogP contribution is -2.25. The van der Waals surface area contributed by atoms with Crippen molar-refractivity contribution in [3.63, 3.8) is 0 Å². The molecule has 0 aromatic rings. The Labute approximate surface area is 109 Å². The Morgan fingerprint density at radius 2 is 1.18 bits per heavy atom. The molecule has 0 aromatic carbocycles. The van der Waals surface area contributed by atoms with E-state index in [4.69, 9.17) is 0 Å². The van der Waals surface area contributed by atoms with Gasteiger partial charge in [0.15, 0.2) is 0 Å². The zero-order valence-electron chi connectivity index (χ0n) is 12.4. The quantitative estimate of drug-likeness (QED) is 0.459. The molecule has 0 aliphatic rings. The van der Waals surface area contributed by atoms with Crippen molar-refractivity contribution in [2.75, 3.05) is 6.61 Å². The first-order chi connectivity index (χ1) is 8.24. The zero-order chi connectivity index (χ0) is 13.0. The lowest BCUT2D eigenvalue weighted by atomic mass is 9.76. The minimum absolute atomic E-state index is 0.244. The molecule has 0 saturated heterocycles. The average molecular weight is 242 g/mol. The summed E-state index contributed by atoms with van der Waals surface area (Å²) in [5.41, 5.74) is 0.244. The molecule has 1 heteroatoms. The normalized spacial score (nSPS) is 12.0. The fourth-order valence-electron chi connectivity index (χ4n) is 2.95. The van der Waals surface area contributed by atoms with Gasteiger partial charge in [-0.15, -0.1) is 0 Å². The summed E-state index contributed by atoms with van der Waals surface area (Å²) in [4.78, 5) is 0. The van der Waals surface area contributed by atoms with Gasteiger partial charge in [-0.25, -0.2) is 0 Å². The van der Waals surface area contributed by atoms with E-state index in [1.165, 1.54) is 70.6 Å². The topological polar surface area (TPSA) is 20.2 Å². The standard InChI is InChI=1S/C16H34O/c1-4-7-8-9-10-11-14-16(15-17,12-5-2)13-6-3/h17H,4-15H2,1-3H3. The predicted molar refractivity (Wildman–Crippen MR) is 77.3 cm³/mol. The van der Waals surface area contributed by atoms with E-state index in [0.717, 1.165) is 0 Å². The summed E-state index contributed by atoms with van der Waals surface area (Å²) in [6.45, 7) is 7.13. The van der Waals surface area contributed by atoms with Gasteiger partial charge in [-0.05, 0) is 24.7 Å². The lowest BCUT2D eigenvalue weighted by Gasteiger charge is -2.31. The lowest BCUT2D eigenvalue weighted by molar-refractivity contribution is 0.0901. The van der Waals surface area contributed by atoms with E-state index in [9.17, 15) is 5.11 Å². The van der Waals surface area contributed by atoms with Crippen LogP contribution in [-0.2, 0) is 0 Å². The minimum Gasteiger partial charge on any atom is -0.396 e. The third-order valence-electron chi connectivity index (χ3n) is 3.96. The molecule has 1 N–H and O–H groups in total. The molecule has 0 unspecified atom stereocenters. The smallest absolute Gasteiger partial charge is 0.0487 e. The Kier molecular flexibility index (Phi) is 11.0. The second-order valence-corrected chi connectivity index (χ2v) is 5.68. The van der Waals surface area contributed by atoms with E-state index in [-0.39, 0.29) is 5.41 Å². The Balaban J connectivity index is 3.82. The van der Waals surface area contributed by atoms with Crippen molar-refractivity contribution in [2.24, 2.45) is 5.41 Å². The van der Waals surface area contributed by atoms with Gasteiger partial charge in [-0.2, -0.15) is 0 Å². The maximum absolute atomic E-state index is 9.68. The highest BCUT2D eigenvalue weighted by Crippen LogP contribution is 2.35. The van der Waals surface area contributed by atoms with Crippen molar-refractivity contribution < 1.29 is 5.11 Å². The van der Waals surface area contributed by atoms with Crippen LogP contribution in [0.4, 0.5) is 0 Å². The van der Waals surface area contributed by atoms with Crippen LogP contribution in [0.2, 0.25) is 0 Å². The molecule has 0 atom stereocenters. The van der Waals surface area contributed by atoms with Crippen LogP contribution in [0.5, 0.6) is 0 Å². The van der Waals surface area contributed by atoms with Gasteiger partial charge in [0.25, 0.3) is 0 Å². The third-order valence-corrected chi connectivity index (χ3v) is 3.96. The maximum Gasteiger partial charge on any atom is 0.0487 e. The molecule has 0 rings (SSSR count). The van der Waals surface area contributed by atoms with Crippen LogP contribution in [0.15, 0.2) is 0 Å². The summed E-state index contributed by atoms with van der Waals surface area (Å²) in [5.74, 6) is 0. The van der Waals surface area contributed by atoms with E-state index in [1.54, 1.807) is 0 Å². The molecular formula is C16H34O. The summed E-state index contributed by atoms with van der Waals surface area (Å²) in [5, 5.41) is 9.68. The Morgan fingerprint density at radius 1 is 0.647 bits per heavy atom. The van der Waals surface area contributed by atoms with Gasteiger partial charge in [-0.1, -0.05) is 72.1 Å². The monoisotopic (exact) mass is 242 g/mol. The molecule has 0 saturated carbocycles. The SMILES string of the molecule is CCCCCCCCC(CO)(CCC)CCC. The molecule has 104 valence electrons. The van der Waals surface area contributed by atoms with Gasteiger partial charge in [0, 0.05) is 6.61 Å². The van der Waals surface area contributed by atoms with Gasteiger partial charge in [0.2, 0.25) is 0 Å². The van der Waals surface area contributed by atoms with Crippen LogP contribution in [0.25, 0.3) is 0 Å². The molecule has 0 aliphatic carbocycles. The van der Waals surface area contributed by atoms with Gasteiger partial charge >= 0.3 is 0 Å². The minimum atomic E-state index is 0.244. The number of hydrogen-bond donors (Lipinski definition) is 1. The first-order valence-electron chi connectivity index (χ1n) is 7.85. The van der Waals surface area contributed by atoms with E-state index in [1.807, 2.05) is 0 Å². The number of aliphatic hydroxyl groups excluding tert-OH is 1. The number of rotatable bonds is 12. The predicted octanol–water partition coefficient (Wildman–Crippen LogP) is 5.32. The highest BCUT2D eigenvalue weighted by atomic mass is 16.3.